The molecule has 5 rings (SSSR count). The van der Waals surface area contributed by atoms with Crippen molar-refractivity contribution in [1.82, 2.24) is 30.2 Å². The number of H-pyrrole nitrogens is 1. The van der Waals surface area contributed by atoms with E-state index >= 15 is 0 Å². The summed E-state index contributed by atoms with van der Waals surface area (Å²) in [7, 11) is 0. The zero-order valence-corrected chi connectivity index (χ0v) is 17.5. The first-order valence-corrected chi connectivity index (χ1v) is 11.5. The van der Waals surface area contributed by atoms with Gasteiger partial charge < -0.3 is 4.98 Å². The second kappa shape index (κ2) is 7.72. The molecule has 148 valence electrons. The van der Waals surface area contributed by atoms with Crippen molar-refractivity contribution in [2.75, 3.05) is 0 Å². The Morgan fingerprint density at radius 1 is 1.24 bits per heavy atom. The third-order valence-electron chi connectivity index (χ3n) is 5.35. The summed E-state index contributed by atoms with van der Waals surface area (Å²) in [5, 5.41) is 15.6. The summed E-state index contributed by atoms with van der Waals surface area (Å²) in [6.45, 7) is 2.02. The first-order valence-electron chi connectivity index (χ1n) is 9.72. The molecule has 7 nitrogen and oxygen atoms in total. The molecule has 0 saturated heterocycles. The van der Waals surface area contributed by atoms with Gasteiger partial charge >= 0.3 is 0 Å². The topological polar surface area (TPSA) is 89.3 Å². The van der Waals surface area contributed by atoms with Crippen LogP contribution in [0.15, 0.2) is 45.7 Å². The molecule has 0 amide bonds. The summed E-state index contributed by atoms with van der Waals surface area (Å²) in [6.07, 6.45) is 4.67. The van der Waals surface area contributed by atoms with Gasteiger partial charge in [0.2, 0.25) is 5.16 Å². The van der Waals surface area contributed by atoms with E-state index in [0.29, 0.717) is 17.3 Å². The highest BCUT2D eigenvalue weighted by Crippen LogP contribution is 2.37. The van der Waals surface area contributed by atoms with Gasteiger partial charge in [-0.1, -0.05) is 54.9 Å². The minimum atomic E-state index is -0.104. The first kappa shape index (κ1) is 18.5. The summed E-state index contributed by atoms with van der Waals surface area (Å²) >= 11 is 3.04. The number of hydrogen-bond acceptors (Lipinski definition) is 7. The number of nitrogens with one attached hydrogen (secondary N) is 1. The number of thioether (sulfide) groups is 1. The lowest BCUT2D eigenvalue weighted by Gasteiger charge is -2.13. The van der Waals surface area contributed by atoms with Crippen LogP contribution in [0.1, 0.15) is 49.7 Å². The van der Waals surface area contributed by atoms with Crippen LogP contribution in [0.2, 0.25) is 0 Å². The number of thiophene rings is 1. The van der Waals surface area contributed by atoms with Gasteiger partial charge in [0.1, 0.15) is 10.7 Å². The zero-order chi connectivity index (χ0) is 19.8. The molecule has 3 aromatic heterocycles. The van der Waals surface area contributed by atoms with Crippen LogP contribution in [0.4, 0.5) is 0 Å². The van der Waals surface area contributed by atoms with Gasteiger partial charge in [-0.3, -0.25) is 4.79 Å². The van der Waals surface area contributed by atoms with E-state index in [1.54, 1.807) is 0 Å². The fraction of sp³-hybridized carbons (Fsp3) is 0.350. The van der Waals surface area contributed by atoms with Crippen LogP contribution >= 0.6 is 23.1 Å². The van der Waals surface area contributed by atoms with E-state index in [1.807, 2.05) is 47.3 Å². The molecule has 1 fully saturated rings. The van der Waals surface area contributed by atoms with Crippen LogP contribution < -0.4 is 5.56 Å². The number of aromatic amines is 1. The predicted molar refractivity (Wildman–Crippen MR) is 115 cm³/mol. The standard InChI is InChI=1S/C20H20N6OS2/c1-12(29-20-23-24-25-26(20)14-9-5-6-10-14)17-21-18(27)16-15(11-28-19(16)22-17)13-7-3-2-4-8-13/h2-4,7-8,11-12,14H,5-6,9-10H2,1H3,(H,21,22,27). The average molecular weight is 425 g/mol. The molecule has 4 aromatic rings. The molecule has 0 spiro atoms. The van der Waals surface area contributed by atoms with Crippen LogP contribution in [-0.4, -0.2) is 30.2 Å². The fourth-order valence-electron chi connectivity index (χ4n) is 3.84. The van der Waals surface area contributed by atoms with E-state index in [0.717, 1.165) is 34.0 Å². The van der Waals surface area contributed by atoms with Crippen LogP contribution in [0.5, 0.6) is 0 Å². The first-order chi connectivity index (χ1) is 14.2. The van der Waals surface area contributed by atoms with Gasteiger partial charge in [-0.25, -0.2) is 9.67 Å². The zero-order valence-electron chi connectivity index (χ0n) is 15.9. The SMILES string of the molecule is CC(Sc1nnnn1C1CCCC1)c1nc2scc(-c3ccccc3)c2c(=O)[nH]1. The molecule has 0 bridgehead atoms. The third-order valence-corrected chi connectivity index (χ3v) is 7.28. The normalized spacial score (nSPS) is 15.9. The number of tetrazole rings is 1. The van der Waals surface area contributed by atoms with Crippen LogP contribution in [-0.2, 0) is 0 Å². The molecule has 3 heterocycles. The summed E-state index contributed by atoms with van der Waals surface area (Å²) in [5.41, 5.74) is 1.85. The molecule has 1 aromatic carbocycles. The number of fused-ring (bicyclic) bond motifs is 1. The molecular formula is C20H20N6OS2. The Kier molecular flexibility index (Phi) is 4.92. The van der Waals surface area contributed by atoms with Gasteiger partial charge in [0.05, 0.1) is 16.7 Å². The molecule has 1 unspecified atom stereocenters. The van der Waals surface area contributed by atoms with Gasteiger partial charge in [0.25, 0.3) is 5.56 Å². The Morgan fingerprint density at radius 2 is 2.03 bits per heavy atom. The molecular weight excluding hydrogens is 404 g/mol. The van der Waals surface area contributed by atoms with Gasteiger partial charge in [-0.2, -0.15) is 0 Å². The number of hydrogen-bond donors (Lipinski definition) is 1. The van der Waals surface area contributed by atoms with E-state index in [4.69, 9.17) is 4.98 Å². The second-order valence-electron chi connectivity index (χ2n) is 7.25. The van der Waals surface area contributed by atoms with Crippen molar-refractivity contribution in [1.29, 1.82) is 0 Å². The Morgan fingerprint density at radius 3 is 2.83 bits per heavy atom. The maximum absolute atomic E-state index is 12.9. The maximum Gasteiger partial charge on any atom is 0.260 e. The lowest BCUT2D eigenvalue weighted by molar-refractivity contribution is 0.422. The molecule has 0 radical (unpaired) electrons. The molecule has 1 aliphatic carbocycles. The molecule has 1 saturated carbocycles. The van der Waals surface area contributed by atoms with Crippen molar-refractivity contribution in [2.24, 2.45) is 0 Å². The molecule has 9 heteroatoms. The van der Waals surface area contributed by atoms with Crippen molar-refractivity contribution < 1.29 is 0 Å². The van der Waals surface area contributed by atoms with Crippen molar-refractivity contribution in [3.63, 3.8) is 0 Å². The van der Waals surface area contributed by atoms with E-state index in [-0.39, 0.29) is 10.8 Å². The summed E-state index contributed by atoms with van der Waals surface area (Å²) in [6, 6.07) is 10.3. The summed E-state index contributed by atoms with van der Waals surface area (Å²) in [5.74, 6) is 0.648. The van der Waals surface area contributed by atoms with Gasteiger partial charge in [-0.05, 0) is 35.8 Å². The lowest BCUT2D eigenvalue weighted by atomic mass is 10.1. The Balaban J connectivity index is 1.45. The van der Waals surface area contributed by atoms with E-state index < -0.39 is 0 Å². The van der Waals surface area contributed by atoms with Crippen molar-refractivity contribution in [3.05, 3.63) is 51.9 Å². The van der Waals surface area contributed by atoms with Crippen molar-refractivity contribution >= 4 is 33.3 Å². The largest absolute Gasteiger partial charge is 0.309 e. The maximum atomic E-state index is 12.9. The smallest absolute Gasteiger partial charge is 0.260 e. The number of nitrogens with zero attached hydrogens (tertiary/aromatic N) is 5. The molecule has 29 heavy (non-hydrogen) atoms. The Hall–Kier alpha value is -2.52. The van der Waals surface area contributed by atoms with Crippen molar-refractivity contribution in [3.8, 4) is 11.1 Å². The monoisotopic (exact) mass is 424 g/mol. The van der Waals surface area contributed by atoms with Crippen LogP contribution in [0.3, 0.4) is 0 Å². The van der Waals surface area contributed by atoms with Crippen LogP contribution in [0, 0.1) is 0 Å². The van der Waals surface area contributed by atoms with Gasteiger partial charge in [0, 0.05) is 10.9 Å². The predicted octanol–water partition coefficient (Wildman–Crippen LogP) is 4.61. The quantitative estimate of drug-likeness (QED) is 0.471. The molecule has 1 aliphatic rings. The Labute approximate surface area is 175 Å². The Bertz CT molecular complexity index is 1190. The van der Waals surface area contributed by atoms with E-state index in [1.165, 1.54) is 35.9 Å². The fourth-order valence-corrected chi connectivity index (χ4v) is 5.71. The summed E-state index contributed by atoms with van der Waals surface area (Å²) in [4.78, 5) is 21.4. The molecule has 0 aliphatic heterocycles. The highest BCUT2D eigenvalue weighted by atomic mass is 32.2. The third kappa shape index (κ3) is 3.49. The van der Waals surface area contributed by atoms with E-state index in [9.17, 15) is 4.79 Å². The molecule has 1 N–H and O–H groups in total. The number of benzene rings is 1. The summed E-state index contributed by atoms with van der Waals surface area (Å²) < 4.78 is 1.93. The highest BCUT2D eigenvalue weighted by molar-refractivity contribution is 7.99. The van der Waals surface area contributed by atoms with Gasteiger partial charge in [0.15, 0.2) is 0 Å². The number of aromatic nitrogens is 6. The minimum Gasteiger partial charge on any atom is -0.309 e. The number of rotatable bonds is 5. The second-order valence-corrected chi connectivity index (χ2v) is 9.42. The highest BCUT2D eigenvalue weighted by Gasteiger charge is 2.24. The van der Waals surface area contributed by atoms with E-state index in [2.05, 4.69) is 20.5 Å². The average Bonchev–Trinajstić information content (AvgIpc) is 3.48. The molecule has 1 atom stereocenters. The minimum absolute atomic E-state index is 0.0690. The van der Waals surface area contributed by atoms with Crippen LogP contribution in [0.25, 0.3) is 21.3 Å². The lowest BCUT2D eigenvalue weighted by Crippen LogP contribution is -2.13. The van der Waals surface area contributed by atoms with Crippen molar-refractivity contribution in [2.45, 2.75) is 49.1 Å². The van der Waals surface area contributed by atoms with Gasteiger partial charge in [-0.15, -0.1) is 16.4 Å².